The highest BCUT2D eigenvalue weighted by molar-refractivity contribution is 7.90. The van der Waals surface area contributed by atoms with Gasteiger partial charge >= 0.3 is 6.18 Å². The molecule has 0 atom stereocenters. The predicted molar refractivity (Wildman–Crippen MR) is 114 cm³/mol. The summed E-state index contributed by atoms with van der Waals surface area (Å²) < 4.78 is 62.9. The van der Waals surface area contributed by atoms with Crippen LogP contribution in [0.25, 0.3) is 11.5 Å². The van der Waals surface area contributed by atoms with Gasteiger partial charge in [0.2, 0.25) is 11.9 Å². The summed E-state index contributed by atoms with van der Waals surface area (Å²) in [7, 11) is -3.44. The molecule has 8 nitrogen and oxygen atoms in total. The average molecular weight is 466 g/mol. The summed E-state index contributed by atoms with van der Waals surface area (Å²) in [4.78, 5) is 16.4. The molecular formula is C20H21F3N6O2S. The van der Waals surface area contributed by atoms with Crippen LogP contribution in [0.4, 0.5) is 30.8 Å². The number of nitrogens with one attached hydrogen (secondary N) is 2. The maximum Gasteiger partial charge on any atom is 0.433 e. The van der Waals surface area contributed by atoms with Gasteiger partial charge in [-0.25, -0.2) is 13.4 Å². The molecule has 2 aromatic heterocycles. The van der Waals surface area contributed by atoms with Crippen molar-refractivity contribution in [2.24, 2.45) is 5.92 Å². The van der Waals surface area contributed by atoms with Crippen molar-refractivity contribution >= 4 is 27.4 Å². The van der Waals surface area contributed by atoms with Crippen LogP contribution in [0.5, 0.6) is 0 Å². The number of rotatable bonds is 7. The Kier molecular flexibility index (Phi) is 6.63. The summed E-state index contributed by atoms with van der Waals surface area (Å²) in [6.07, 6.45) is -3.53. The Morgan fingerprint density at radius 2 is 1.66 bits per heavy atom. The molecule has 0 fully saturated rings. The molecule has 0 aliphatic carbocycles. The van der Waals surface area contributed by atoms with Gasteiger partial charge < -0.3 is 10.6 Å². The predicted octanol–water partition coefficient (Wildman–Crippen LogP) is 4.17. The lowest BCUT2D eigenvalue weighted by Gasteiger charge is -2.12. The monoisotopic (exact) mass is 466 g/mol. The number of benzene rings is 1. The first kappa shape index (κ1) is 23.4. The van der Waals surface area contributed by atoms with Crippen LogP contribution >= 0.6 is 0 Å². The zero-order chi connectivity index (χ0) is 23.5. The first-order chi connectivity index (χ1) is 14.9. The van der Waals surface area contributed by atoms with E-state index < -0.39 is 21.7 Å². The third kappa shape index (κ3) is 6.13. The fourth-order valence-electron chi connectivity index (χ4n) is 2.57. The second kappa shape index (κ2) is 9.07. The number of pyridine rings is 1. The maximum absolute atomic E-state index is 13.1. The number of sulfone groups is 1. The Labute approximate surface area is 183 Å². The van der Waals surface area contributed by atoms with Gasteiger partial charge in [0.1, 0.15) is 11.4 Å². The van der Waals surface area contributed by atoms with Gasteiger partial charge in [0, 0.05) is 18.5 Å². The van der Waals surface area contributed by atoms with Crippen LogP contribution in [0.2, 0.25) is 0 Å². The molecular weight excluding hydrogens is 445 g/mol. The molecule has 2 heterocycles. The quantitative estimate of drug-likeness (QED) is 0.534. The molecule has 0 unspecified atom stereocenters. The molecule has 0 amide bonds. The topological polar surface area (TPSA) is 110 Å². The third-order valence-corrected chi connectivity index (χ3v) is 5.20. The molecule has 0 spiro atoms. The van der Waals surface area contributed by atoms with Crippen molar-refractivity contribution in [3.63, 3.8) is 0 Å². The van der Waals surface area contributed by atoms with Crippen LogP contribution in [0.1, 0.15) is 19.5 Å². The third-order valence-electron chi connectivity index (χ3n) is 4.09. The molecule has 0 bridgehead atoms. The summed E-state index contributed by atoms with van der Waals surface area (Å²) in [5.41, 5.74) is -0.762. The first-order valence-electron chi connectivity index (χ1n) is 9.53. The van der Waals surface area contributed by atoms with Crippen molar-refractivity contribution in [2.45, 2.75) is 24.9 Å². The average Bonchev–Trinajstić information content (AvgIpc) is 2.71. The SMILES string of the molecule is CC(C)CNc1nc(Nc2cccc(S(C)(=O)=O)c2)nc(-c2cccc(C(F)(F)F)n2)n1. The molecule has 0 radical (unpaired) electrons. The van der Waals surface area contributed by atoms with Gasteiger partial charge in [-0.2, -0.15) is 28.1 Å². The van der Waals surface area contributed by atoms with Crippen molar-refractivity contribution in [1.82, 2.24) is 19.9 Å². The molecule has 32 heavy (non-hydrogen) atoms. The summed E-state index contributed by atoms with van der Waals surface area (Å²) in [5.74, 6) is 0.347. The van der Waals surface area contributed by atoms with E-state index in [9.17, 15) is 21.6 Å². The number of hydrogen-bond donors (Lipinski definition) is 2. The number of halogens is 3. The van der Waals surface area contributed by atoms with E-state index in [0.29, 0.717) is 12.2 Å². The first-order valence-corrected chi connectivity index (χ1v) is 11.4. The fourth-order valence-corrected chi connectivity index (χ4v) is 3.24. The molecule has 3 aromatic rings. The number of anilines is 3. The number of hydrogen-bond acceptors (Lipinski definition) is 8. The van der Waals surface area contributed by atoms with E-state index in [1.54, 1.807) is 12.1 Å². The van der Waals surface area contributed by atoms with Crippen molar-refractivity contribution in [3.05, 3.63) is 48.2 Å². The molecule has 0 saturated carbocycles. The minimum atomic E-state index is -4.62. The van der Waals surface area contributed by atoms with Crippen molar-refractivity contribution in [2.75, 3.05) is 23.4 Å². The van der Waals surface area contributed by atoms with Crippen molar-refractivity contribution < 1.29 is 21.6 Å². The minimum Gasteiger partial charge on any atom is -0.354 e. The van der Waals surface area contributed by atoms with Crippen LogP contribution in [-0.2, 0) is 16.0 Å². The van der Waals surface area contributed by atoms with Crippen molar-refractivity contribution in [1.29, 1.82) is 0 Å². The number of nitrogens with zero attached hydrogens (tertiary/aromatic N) is 4. The molecule has 12 heteroatoms. The summed E-state index contributed by atoms with van der Waals surface area (Å²) in [6, 6.07) is 9.46. The van der Waals surface area contributed by atoms with Gasteiger partial charge in [-0.3, -0.25) is 0 Å². The largest absolute Gasteiger partial charge is 0.433 e. The lowest BCUT2D eigenvalue weighted by Crippen LogP contribution is -2.13. The standard InChI is InChI=1S/C20H21F3N6O2S/c1-12(2)11-24-18-27-17(15-8-5-9-16(26-15)20(21,22)23)28-19(29-18)25-13-6-4-7-14(10-13)32(3,30)31/h4-10,12H,11H2,1-3H3,(H2,24,25,27,28,29). The van der Waals surface area contributed by atoms with Gasteiger partial charge in [-0.1, -0.05) is 26.0 Å². The molecule has 3 rings (SSSR count). The minimum absolute atomic E-state index is 0.0196. The van der Waals surface area contributed by atoms with Crippen molar-refractivity contribution in [3.8, 4) is 11.5 Å². The van der Waals surface area contributed by atoms with E-state index in [1.165, 1.54) is 24.3 Å². The van der Waals surface area contributed by atoms with Crippen LogP contribution in [0.3, 0.4) is 0 Å². The zero-order valence-corrected chi connectivity index (χ0v) is 18.3. The normalized spacial score (nSPS) is 12.1. The second-order valence-corrected chi connectivity index (χ2v) is 9.43. The molecule has 1 aromatic carbocycles. The van der Waals surface area contributed by atoms with Gasteiger partial charge in [-0.15, -0.1) is 0 Å². The van der Waals surface area contributed by atoms with E-state index in [4.69, 9.17) is 0 Å². The fraction of sp³-hybridized carbons (Fsp3) is 0.300. The van der Waals surface area contributed by atoms with Crippen LogP contribution in [0, 0.1) is 5.92 Å². The molecule has 0 aliphatic heterocycles. The zero-order valence-electron chi connectivity index (χ0n) is 17.5. The van der Waals surface area contributed by atoms with E-state index in [2.05, 4.69) is 30.6 Å². The van der Waals surface area contributed by atoms with E-state index >= 15 is 0 Å². The summed E-state index contributed by atoms with van der Waals surface area (Å²) in [6.45, 7) is 4.46. The van der Waals surface area contributed by atoms with Crippen LogP contribution in [-0.4, -0.2) is 41.2 Å². The van der Waals surface area contributed by atoms with Crippen LogP contribution < -0.4 is 10.6 Å². The maximum atomic E-state index is 13.1. The molecule has 170 valence electrons. The Morgan fingerprint density at radius 3 is 2.31 bits per heavy atom. The van der Waals surface area contributed by atoms with Crippen LogP contribution in [0.15, 0.2) is 47.4 Å². The van der Waals surface area contributed by atoms with Gasteiger partial charge in [-0.05, 0) is 36.2 Å². The highest BCUT2D eigenvalue weighted by atomic mass is 32.2. The summed E-state index contributed by atoms with van der Waals surface area (Å²) >= 11 is 0. The Morgan fingerprint density at radius 1 is 0.969 bits per heavy atom. The Balaban J connectivity index is 2.02. The molecule has 0 saturated heterocycles. The molecule has 2 N–H and O–H groups in total. The lowest BCUT2D eigenvalue weighted by atomic mass is 10.2. The smallest absolute Gasteiger partial charge is 0.354 e. The summed E-state index contributed by atoms with van der Waals surface area (Å²) in [5, 5.41) is 5.90. The van der Waals surface area contributed by atoms with Gasteiger partial charge in [0.25, 0.3) is 0 Å². The van der Waals surface area contributed by atoms with Gasteiger partial charge in [0.15, 0.2) is 15.7 Å². The highest BCUT2D eigenvalue weighted by Gasteiger charge is 2.32. The van der Waals surface area contributed by atoms with E-state index in [-0.39, 0.29) is 34.2 Å². The highest BCUT2D eigenvalue weighted by Crippen LogP contribution is 2.29. The van der Waals surface area contributed by atoms with E-state index in [1.807, 2.05) is 13.8 Å². The van der Waals surface area contributed by atoms with Gasteiger partial charge in [0.05, 0.1) is 4.90 Å². The second-order valence-electron chi connectivity index (χ2n) is 7.41. The lowest BCUT2D eigenvalue weighted by molar-refractivity contribution is -0.141. The number of aromatic nitrogens is 4. The molecule has 0 aliphatic rings. The van der Waals surface area contributed by atoms with E-state index in [0.717, 1.165) is 12.3 Å². The Hall–Kier alpha value is -3.28. The number of alkyl halides is 3. The Bertz CT molecular complexity index is 1220.